The Labute approximate surface area is 200 Å². The average Bonchev–Trinajstić information content (AvgIpc) is 3.56. The van der Waals surface area contributed by atoms with E-state index >= 15 is 0 Å². The maximum absolute atomic E-state index is 13.0. The first-order valence-electron chi connectivity index (χ1n) is 11.5. The van der Waals surface area contributed by atoms with Gasteiger partial charge < -0.3 is 4.74 Å². The molecule has 2 amide bonds. The highest BCUT2D eigenvalue weighted by Crippen LogP contribution is 2.52. The molecule has 1 aliphatic heterocycles. The number of amides is 2. The average molecular weight is 467 g/mol. The zero-order valence-corrected chi connectivity index (χ0v) is 18.6. The van der Waals surface area contributed by atoms with Crippen molar-refractivity contribution >= 4 is 34.5 Å². The van der Waals surface area contributed by atoms with E-state index in [2.05, 4.69) is 17.3 Å². The van der Waals surface area contributed by atoms with Crippen LogP contribution in [0.25, 0.3) is 10.8 Å². The molecule has 0 spiro atoms. The Morgan fingerprint density at radius 2 is 1.74 bits per heavy atom. The third-order valence-electron chi connectivity index (χ3n) is 7.20. The molecule has 2 fully saturated rings. The van der Waals surface area contributed by atoms with Gasteiger partial charge in [0.15, 0.2) is 0 Å². The monoisotopic (exact) mass is 467 g/mol. The van der Waals surface area contributed by atoms with Gasteiger partial charge in [0.25, 0.3) is 17.5 Å². The zero-order valence-electron chi connectivity index (χ0n) is 18.6. The fourth-order valence-corrected chi connectivity index (χ4v) is 5.57. The molecule has 0 radical (unpaired) electrons. The van der Waals surface area contributed by atoms with Crippen LogP contribution < -0.4 is 4.74 Å². The maximum atomic E-state index is 13.0. The van der Waals surface area contributed by atoms with Crippen LogP contribution in [-0.4, -0.2) is 28.0 Å². The van der Waals surface area contributed by atoms with Gasteiger partial charge in [0.05, 0.1) is 23.0 Å². The molecular weight excluding hydrogens is 446 g/mol. The number of carbonyl (C=O) groups is 2. The van der Waals surface area contributed by atoms with E-state index in [0.29, 0.717) is 16.9 Å². The fraction of sp³-hybridized carbons (Fsp3) is 0.222. The summed E-state index contributed by atoms with van der Waals surface area (Å²) in [7, 11) is 0. The molecule has 0 aromatic heterocycles. The fourth-order valence-electron chi connectivity index (χ4n) is 5.57. The van der Waals surface area contributed by atoms with Crippen LogP contribution in [0.1, 0.15) is 17.5 Å². The van der Waals surface area contributed by atoms with E-state index in [9.17, 15) is 19.7 Å². The summed E-state index contributed by atoms with van der Waals surface area (Å²) in [5.74, 6) is -0.376. The number of nitrogens with zero attached hydrogens (tertiary/aromatic N) is 3. The molecule has 8 heteroatoms. The lowest BCUT2D eigenvalue weighted by Crippen LogP contribution is -2.28. The quantitative estimate of drug-likeness (QED) is 0.175. The lowest BCUT2D eigenvalue weighted by molar-refractivity contribution is -0.384. The first-order valence-corrected chi connectivity index (χ1v) is 11.5. The number of rotatable bonds is 6. The van der Waals surface area contributed by atoms with Gasteiger partial charge in [0, 0.05) is 17.7 Å². The minimum Gasteiger partial charge on any atom is -0.488 e. The Hall–Kier alpha value is -4.33. The normalized spacial score (nSPS) is 24.6. The van der Waals surface area contributed by atoms with E-state index in [0.717, 1.165) is 22.2 Å². The summed E-state index contributed by atoms with van der Waals surface area (Å²) in [4.78, 5) is 36.7. The molecular formula is C27H21N3O5. The number of nitro groups is 1. The molecule has 4 unspecified atom stereocenters. The number of hydrazone groups is 1. The highest BCUT2D eigenvalue weighted by atomic mass is 16.6. The van der Waals surface area contributed by atoms with Crippen molar-refractivity contribution in [2.75, 3.05) is 0 Å². The molecule has 2 aliphatic carbocycles. The van der Waals surface area contributed by atoms with Gasteiger partial charge in [-0.05, 0) is 40.7 Å². The van der Waals surface area contributed by atoms with Gasteiger partial charge in [-0.1, -0.05) is 54.6 Å². The van der Waals surface area contributed by atoms with Crippen molar-refractivity contribution in [1.82, 2.24) is 5.01 Å². The zero-order chi connectivity index (χ0) is 24.1. The second-order valence-corrected chi connectivity index (χ2v) is 9.15. The number of hydrogen-bond acceptors (Lipinski definition) is 6. The van der Waals surface area contributed by atoms with Gasteiger partial charge in [0.1, 0.15) is 12.4 Å². The summed E-state index contributed by atoms with van der Waals surface area (Å²) < 4.78 is 6.04. The molecule has 35 heavy (non-hydrogen) atoms. The Morgan fingerprint density at radius 3 is 2.49 bits per heavy atom. The second kappa shape index (κ2) is 8.16. The van der Waals surface area contributed by atoms with Crippen molar-refractivity contribution in [2.24, 2.45) is 28.8 Å². The van der Waals surface area contributed by atoms with Crippen molar-refractivity contribution < 1.29 is 19.2 Å². The van der Waals surface area contributed by atoms with Crippen molar-refractivity contribution in [2.45, 2.75) is 13.0 Å². The highest BCUT2D eigenvalue weighted by Gasteiger charge is 2.59. The molecule has 1 saturated carbocycles. The maximum Gasteiger partial charge on any atom is 0.269 e. The summed E-state index contributed by atoms with van der Waals surface area (Å²) in [6.45, 7) is 0.113. The van der Waals surface area contributed by atoms with Crippen molar-refractivity contribution in [1.29, 1.82) is 0 Å². The predicted octanol–water partition coefficient (Wildman–Crippen LogP) is 4.47. The molecule has 6 rings (SSSR count). The lowest BCUT2D eigenvalue weighted by atomic mass is 9.85. The minimum atomic E-state index is -0.446. The van der Waals surface area contributed by atoms with Crippen molar-refractivity contribution in [3.63, 3.8) is 0 Å². The van der Waals surface area contributed by atoms with Gasteiger partial charge in [-0.3, -0.25) is 19.7 Å². The largest absolute Gasteiger partial charge is 0.488 e. The molecule has 1 heterocycles. The number of non-ortho nitro benzene ring substituents is 1. The predicted molar refractivity (Wildman–Crippen MR) is 129 cm³/mol. The highest BCUT2D eigenvalue weighted by molar-refractivity contribution is 6.08. The topological polar surface area (TPSA) is 102 Å². The number of carbonyl (C=O) groups excluding carboxylic acids is 2. The van der Waals surface area contributed by atoms with Crippen LogP contribution in [0.4, 0.5) is 5.69 Å². The van der Waals surface area contributed by atoms with Crippen LogP contribution in [0.15, 0.2) is 77.9 Å². The molecule has 1 saturated heterocycles. The SMILES string of the molecule is O=C1C2C3C=CC(C3)C2C(=O)N1N=Cc1c(OCc2cccc([N+](=O)[O-])c2)ccc2ccccc12. The molecule has 0 N–H and O–H groups in total. The first kappa shape index (κ1) is 21.2. The minimum absolute atomic E-state index is 0.00791. The number of ether oxygens (including phenoxy) is 1. The van der Waals surface area contributed by atoms with Gasteiger partial charge in [-0.25, -0.2) is 0 Å². The standard InChI is InChI=1S/C27H21N3O5/c31-26-24-18-8-9-19(13-18)25(24)27(32)29(26)28-14-22-21-7-2-1-5-17(21)10-11-23(22)35-15-16-4-3-6-20(12-16)30(33)34/h1-12,14,18-19,24-25H,13,15H2. The van der Waals surface area contributed by atoms with Gasteiger partial charge >= 0.3 is 0 Å². The summed E-state index contributed by atoms with van der Waals surface area (Å²) in [6.07, 6.45) is 6.48. The Balaban J connectivity index is 1.31. The van der Waals surface area contributed by atoms with E-state index in [1.165, 1.54) is 18.3 Å². The molecule has 174 valence electrons. The summed E-state index contributed by atoms with van der Waals surface area (Å²) in [5, 5.41) is 18.3. The third kappa shape index (κ3) is 3.49. The van der Waals surface area contributed by atoms with Crippen molar-refractivity contribution in [3.05, 3.63) is 94.1 Å². The van der Waals surface area contributed by atoms with Crippen LogP contribution in [0.2, 0.25) is 0 Å². The number of fused-ring (bicyclic) bond motifs is 6. The number of allylic oxidation sites excluding steroid dienone is 2. The van der Waals surface area contributed by atoms with Crippen LogP contribution in [-0.2, 0) is 16.2 Å². The Bertz CT molecular complexity index is 1420. The van der Waals surface area contributed by atoms with E-state index in [1.807, 2.05) is 30.3 Å². The molecule has 3 aromatic carbocycles. The number of nitro benzene ring substituents is 1. The smallest absolute Gasteiger partial charge is 0.269 e. The van der Waals surface area contributed by atoms with E-state index in [1.54, 1.807) is 18.2 Å². The number of benzene rings is 3. The van der Waals surface area contributed by atoms with Crippen molar-refractivity contribution in [3.8, 4) is 5.75 Å². The number of imide groups is 1. The van der Waals surface area contributed by atoms with E-state index in [4.69, 9.17) is 4.74 Å². The van der Waals surface area contributed by atoms with Crippen LogP contribution in [0.3, 0.4) is 0 Å². The molecule has 3 aromatic rings. The summed E-state index contributed by atoms with van der Waals surface area (Å²) in [6, 6.07) is 17.7. The Kier molecular flexibility index (Phi) is 4.95. The van der Waals surface area contributed by atoms with Crippen LogP contribution in [0.5, 0.6) is 5.75 Å². The van der Waals surface area contributed by atoms with Crippen LogP contribution in [0, 0.1) is 33.8 Å². The van der Waals surface area contributed by atoms with E-state index < -0.39 is 4.92 Å². The summed E-state index contributed by atoms with van der Waals surface area (Å²) in [5.41, 5.74) is 1.27. The summed E-state index contributed by atoms with van der Waals surface area (Å²) >= 11 is 0. The van der Waals surface area contributed by atoms with Gasteiger partial charge in [0.2, 0.25) is 0 Å². The van der Waals surface area contributed by atoms with Gasteiger partial charge in [-0.2, -0.15) is 10.1 Å². The Morgan fingerprint density at radius 1 is 1.00 bits per heavy atom. The molecule has 2 bridgehead atoms. The molecule has 3 aliphatic rings. The number of hydrogen-bond donors (Lipinski definition) is 0. The van der Waals surface area contributed by atoms with Gasteiger partial charge in [-0.15, -0.1) is 0 Å². The van der Waals surface area contributed by atoms with Crippen LogP contribution >= 0.6 is 0 Å². The lowest BCUT2D eigenvalue weighted by Gasteiger charge is -2.14. The molecule has 8 nitrogen and oxygen atoms in total. The second-order valence-electron chi connectivity index (χ2n) is 9.15. The first-order chi connectivity index (χ1) is 17.0. The van der Waals surface area contributed by atoms with E-state index in [-0.39, 0.29) is 47.8 Å². The third-order valence-corrected chi connectivity index (χ3v) is 7.20. The molecule has 4 atom stereocenters.